The molecule has 0 fully saturated rings. The second-order valence-electron chi connectivity index (χ2n) is 7.08. The van der Waals surface area contributed by atoms with Gasteiger partial charge in [-0.3, -0.25) is 9.59 Å². The van der Waals surface area contributed by atoms with Gasteiger partial charge in [0.2, 0.25) is 0 Å². The Morgan fingerprint density at radius 2 is 1.66 bits per heavy atom. The van der Waals surface area contributed by atoms with Gasteiger partial charge in [-0.1, -0.05) is 29.8 Å². The first-order valence-corrected chi connectivity index (χ1v) is 10.7. The highest BCUT2D eigenvalue weighted by Crippen LogP contribution is 2.29. The van der Waals surface area contributed by atoms with Gasteiger partial charge in [-0.25, -0.2) is 0 Å². The van der Waals surface area contributed by atoms with Gasteiger partial charge in [0.1, 0.15) is 17.4 Å². The SMILES string of the molecule is COc1ccccc1NC(=O)COc1ccc(/C=C(/C#N)C(=O)Nc2ccc(Cl)cc2)cc1OC. The number of hydrogen-bond donors (Lipinski definition) is 2. The molecule has 35 heavy (non-hydrogen) atoms. The zero-order valence-electron chi connectivity index (χ0n) is 19.0. The van der Waals surface area contributed by atoms with E-state index < -0.39 is 5.91 Å². The molecule has 0 aliphatic carbocycles. The average molecular weight is 492 g/mol. The third-order valence-electron chi connectivity index (χ3n) is 4.71. The molecule has 2 amide bonds. The number of anilines is 2. The Kier molecular flexibility index (Phi) is 8.70. The van der Waals surface area contributed by atoms with E-state index in [1.807, 2.05) is 6.07 Å². The summed E-state index contributed by atoms with van der Waals surface area (Å²) in [5.74, 6) is 0.236. The normalized spacial score (nSPS) is 10.6. The minimum Gasteiger partial charge on any atom is -0.495 e. The van der Waals surface area contributed by atoms with Crippen molar-refractivity contribution in [1.29, 1.82) is 5.26 Å². The molecule has 3 rings (SSSR count). The monoisotopic (exact) mass is 491 g/mol. The zero-order valence-corrected chi connectivity index (χ0v) is 19.8. The number of methoxy groups -OCH3 is 2. The van der Waals surface area contributed by atoms with E-state index in [0.29, 0.717) is 39.2 Å². The number of rotatable bonds is 9. The number of halogens is 1. The maximum absolute atomic E-state index is 12.5. The molecular weight excluding hydrogens is 470 g/mol. The van der Waals surface area contributed by atoms with Crippen LogP contribution in [0.25, 0.3) is 6.08 Å². The van der Waals surface area contributed by atoms with Crippen molar-refractivity contribution < 1.29 is 23.8 Å². The Labute approximate surface area is 207 Å². The highest BCUT2D eigenvalue weighted by molar-refractivity contribution is 6.30. The highest BCUT2D eigenvalue weighted by Gasteiger charge is 2.13. The Balaban J connectivity index is 1.68. The lowest BCUT2D eigenvalue weighted by molar-refractivity contribution is -0.118. The van der Waals surface area contributed by atoms with Gasteiger partial charge in [0, 0.05) is 10.7 Å². The molecule has 0 spiro atoms. The van der Waals surface area contributed by atoms with Gasteiger partial charge in [0.05, 0.1) is 19.9 Å². The van der Waals surface area contributed by atoms with E-state index in [2.05, 4.69) is 10.6 Å². The van der Waals surface area contributed by atoms with Gasteiger partial charge >= 0.3 is 0 Å². The number of carbonyl (C=O) groups excluding carboxylic acids is 2. The molecule has 0 radical (unpaired) electrons. The molecule has 0 saturated heterocycles. The lowest BCUT2D eigenvalue weighted by Gasteiger charge is -2.13. The molecular formula is C26H22ClN3O5. The second kappa shape index (κ2) is 12.1. The van der Waals surface area contributed by atoms with Crippen LogP contribution in [0.3, 0.4) is 0 Å². The van der Waals surface area contributed by atoms with Crippen LogP contribution in [0.4, 0.5) is 11.4 Å². The first-order chi connectivity index (χ1) is 16.9. The molecule has 0 unspecified atom stereocenters. The number of nitrogens with zero attached hydrogens (tertiary/aromatic N) is 1. The van der Waals surface area contributed by atoms with Crippen molar-refractivity contribution in [1.82, 2.24) is 0 Å². The van der Waals surface area contributed by atoms with Crippen molar-refractivity contribution in [3.63, 3.8) is 0 Å². The van der Waals surface area contributed by atoms with Crippen LogP contribution in [-0.4, -0.2) is 32.6 Å². The molecule has 0 aliphatic rings. The van der Waals surface area contributed by atoms with Crippen molar-refractivity contribution in [3.8, 4) is 23.3 Å². The van der Waals surface area contributed by atoms with E-state index in [-0.39, 0.29) is 18.1 Å². The van der Waals surface area contributed by atoms with Gasteiger partial charge in [0.25, 0.3) is 11.8 Å². The molecule has 0 aromatic heterocycles. The van der Waals surface area contributed by atoms with Crippen LogP contribution in [-0.2, 0) is 9.59 Å². The van der Waals surface area contributed by atoms with Crippen LogP contribution in [0.2, 0.25) is 5.02 Å². The van der Waals surface area contributed by atoms with Crippen molar-refractivity contribution in [2.24, 2.45) is 0 Å². The lowest BCUT2D eigenvalue weighted by atomic mass is 10.1. The van der Waals surface area contributed by atoms with Crippen LogP contribution in [0.1, 0.15) is 5.56 Å². The first-order valence-electron chi connectivity index (χ1n) is 10.4. The maximum Gasteiger partial charge on any atom is 0.266 e. The summed E-state index contributed by atoms with van der Waals surface area (Å²) < 4.78 is 16.2. The molecule has 0 aliphatic heterocycles. The van der Waals surface area contributed by atoms with Crippen LogP contribution < -0.4 is 24.8 Å². The highest BCUT2D eigenvalue weighted by atomic mass is 35.5. The fourth-order valence-electron chi connectivity index (χ4n) is 3.02. The average Bonchev–Trinajstić information content (AvgIpc) is 2.87. The first kappa shape index (κ1) is 25.1. The van der Waals surface area contributed by atoms with E-state index in [1.165, 1.54) is 20.3 Å². The molecule has 0 bridgehead atoms. The van der Waals surface area contributed by atoms with Crippen LogP contribution in [0, 0.1) is 11.3 Å². The zero-order chi connectivity index (χ0) is 25.2. The van der Waals surface area contributed by atoms with E-state index in [0.717, 1.165) is 0 Å². The van der Waals surface area contributed by atoms with Crippen molar-refractivity contribution in [2.75, 3.05) is 31.5 Å². The van der Waals surface area contributed by atoms with Crippen molar-refractivity contribution >= 4 is 40.9 Å². The number of para-hydroxylation sites is 2. The van der Waals surface area contributed by atoms with E-state index in [9.17, 15) is 14.9 Å². The Hall–Kier alpha value is -4.48. The summed E-state index contributed by atoms with van der Waals surface area (Å²) in [6.45, 7) is -0.267. The van der Waals surface area contributed by atoms with Gasteiger partial charge in [-0.15, -0.1) is 0 Å². The number of hydrogen-bond acceptors (Lipinski definition) is 6. The predicted octanol–water partition coefficient (Wildman–Crippen LogP) is 4.92. The second-order valence-corrected chi connectivity index (χ2v) is 7.51. The fraction of sp³-hybridized carbons (Fsp3) is 0.115. The minimum absolute atomic E-state index is 0.105. The molecule has 0 saturated carbocycles. The summed E-state index contributed by atoms with van der Waals surface area (Å²) in [5, 5.41) is 15.4. The number of nitriles is 1. The molecule has 9 heteroatoms. The number of amides is 2. The van der Waals surface area contributed by atoms with E-state index in [4.69, 9.17) is 25.8 Å². The number of ether oxygens (including phenoxy) is 3. The van der Waals surface area contributed by atoms with Crippen LogP contribution in [0.5, 0.6) is 17.2 Å². The smallest absolute Gasteiger partial charge is 0.266 e. The Morgan fingerprint density at radius 3 is 2.34 bits per heavy atom. The molecule has 3 aromatic carbocycles. The Morgan fingerprint density at radius 1 is 0.943 bits per heavy atom. The van der Waals surface area contributed by atoms with Crippen LogP contribution >= 0.6 is 11.6 Å². The molecule has 178 valence electrons. The summed E-state index contributed by atoms with van der Waals surface area (Å²) in [4.78, 5) is 24.8. The van der Waals surface area contributed by atoms with Gasteiger partial charge < -0.3 is 24.8 Å². The minimum atomic E-state index is -0.567. The van der Waals surface area contributed by atoms with Gasteiger partial charge in [-0.2, -0.15) is 5.26 Å². The maximum atomic E-state index is 12.5. The molecule has 0 heterocycles. The largest absolute Gasteiger partial charge is 0.495 e. The summed E-state index contributed by atoms with van der Waals surface area (Å²) in [6.07, 6.45) is 1.42. The molecule has 2 N–H and O–H groups in total. The number of nitrogens with one attached hydrogen (secondary N) is 2. The topological polar surface area (TPSA) is 110 Å². The molecule has 8 nitrogen and oxygen atoms in total. The fourth-order valence-corrected chi connectivity index (χ4v) is 3.14. The molecule has 3 aromatic rings. The quantitative estimate of drug-likeness (QED) is 0.325. The molecule has 0 atom stereocenters. The number of benzene rings is 3. The number of carbonyl (C=O) groups is 2. The van der Waals surface area contributed by atoms with E-state index in [1.54, 1.807) is 66.7 Å². The van der Waals surface area contributed by atoms with Gasteiger partial charge in [-0.05, 0) is 60.2 Å². The standard InChI is InChI=1S/C26H22ClN3O5/c1-33-22-6-4-3-5-21(22)30-25(31)16-35-23-12-7-17(14-24(23)34-2)13-18(15-28)26(32)29-20-10-8-19(27)9-11-20/h3-14H,16H2,1-2H3,(H,29,32)(H,30,31)/b18-13-. The van der Waals surface area contributed by atoms with E-state index >= 15 is 0 Å². The summed E-state index contributed by atoms with van der Waals surface area (Å²) in [6, 6.07) is 20.3. The van der Waals surface area contributed by atoms with Crippen LogP contribution in [0.15, 0.2) is 72.3 Å². The summed E-state index contributed by atoms with van der Waals surface area (Å²) >= 11 is 5.85. The summed E-state index contributed by atoms with van der Waals surface area (Å²) in [5.41, 5.74) is 1.47. The third kappa shape index (κ3) is 7.00. The van der Waals surface area contributed by atoms with Crippen molar-refractivity contribution in [2.45, 2.75) is 0 Å². The van der Waals surface area contributed by atoms with Crippen molar-refractivity contribution in [3.05, 3.63) is 82.9 Å². The Bertz CT molecular complexity index is 1280. The van der Waals surface area contributed by atoms with Gasteiger partial charge in [0.15, 0.2) is 18.1 Å². The predicted molar refractivity (Wildman–Crippen MR) is 134 cm³/mol. The third-order valence-corrected chi connectivity index (χ3v) is 4.96. The lowest BCUT2D eigenvalue weighted by Crippen LogP contribution is -2.20. The summed E-state index contributed by atoms with van der Waals surface area (Å²) in [7, 11) is 2.96.